The summed E-state index contributed by atoms with van der Waals surface area (Å²) in [6.07, 6.45) is 3.52. The summed E-state index contributed by atoms with van der Waals surface area (Å²) in [5, 5.41) is 8.80. The van der Waals surface area contributed by atoms with Crippen LogP contribution in [0.1, 0.15) is 20.3 Å². The summed E-state index contributed by atoms with van der Waals surface area (Å²) in [5.41, 5.74) is 0.498. The molecule has 0 atom stereocenters. The molecule has 82 valence electrons. The highest BCUT2D eigenvalue weighted by Gasteiger charge is 2.26. The van der Waals surface area contributed by atoms with Crippen molar-refractivity contribution in [3.8, 4) is 0 Å². The van der Waals surface area contributed by atoms with Crippen molar-refractivity contribution >= 4 is 11.7 Å². The maximum Gasteiger partial charge on any atom is 0.305 e. The van der Waals surface area contributed by atoms with E-state index in [0.717, 1.165) is 5.69 Å². The highest BCUT2D eigenvalue weighted by Crippen LogP contribution is 2.23. The molecule has 0 aliphatic carbocycles. The number of aliphatic carboxylic acids is 1. The van der Waals surface area contributed by atoms with E-state index in [4.69, 9.17) is 5.11 Å². The zero-order valence-electron chi connectivity index (χ0n) is 9.27. The molecule has 0 radical (unpaired) electrons. The number of hydrogen-bond donors (Lipinski definition) is 1. The molecule has 0 aliphatic rings. The van der Waals surface area contributed by atoms with Gasteiger partial charge in [0.05, 0.1) is 18.3 Å². The number of anilines is 1. The number of rotatable bonds is 4. The van der Waals surface area contributed by atoms with Crippen molar-refractivity contribution in [1.82, 2.24) is 4.98 Å². The van der Waals surface area contributed by atoms with E-state index in [9.17, 15) is 4.79 Å². The lowest BCUT2D eigenvalue weighted by molar-refractivity contribution is -0.138. The van der Waals surface area contributed by atoms with E-state index < -0.39 is 11.5 Å². The van der Waals surface area contributed by atoms with E-state index in [1.807, 2.05) is 37.9 Å². The van der Waals surface area contributed by atoms with Crippen LogP contribution in [0.2, 0.25) is 0 Å². The molecule has 1 N–H and O–H groups in total. The molecule has 4 nitrogen and oxygen atoms in total. The van der Waals surface area contributed by atoms with Gasteiger partial charge in [0.2, 0.25) is 0 Å². The van der Waals surface area contributed by atoms with Crippen LogP contribution < -0.4 is 4.90 Å². The lowest BCUT2D eigenvalue weighted by Crippen LogP contribution is -2.43. The average Bonchev–Trinajstić information content (AvgIpc) is 2.16. The van der Waals surface area contributed by atoms with Gasteiger partial charge in [0.15, 0.2) is 0 Å². The monoisotopic (exact) mass is 208 g/mol. The second-order valence-corrected chi connectivity index (χ2v) is 4.15. The Labute approximate surface area is 89.6 Å². The number of carboxylic acids is 1. The van der Waals surface area contributed by atoms with Crippen molar-refractivity contribution in [2.45, 2.75) is 25.8 Å². The Balaban J connectivity index is 2.84. The molecule has 0 unspecified atom stereocenters. The fourth-order valence-corrected chi connectivity index (χ4v) is 1.39. The van der Waals surface area contributed by atoms with Gasteiger partial charge in [-0.15, -0.1) is 0 Å². The largest absolute Gasteiger partial charge is 0.481 e. The Kier molecular flexibility index (Phi) is 3.29. The van der Waals surface area contributed by atoms with Gasteiger partial charge < -0.3 is 10.0 Å². The van der Waals surface area contributed by atoms with E-state index in [1.54, 1.807) is 12.4 Å². The van der Waals surface area contributed by atoms with Crippen molar-refractivity contribution in [2.75, 3.05) is 11.9 Å². The Morgan fingerprint density at radius 3 is 2.73 bits per heavy atom. The number of carbonyl (C=O) groups is 1. The van der Waals surface area contributed by atoms with Gasteiger partial charge in [0, 0.05) is 18.8 Å². The second kappa shape index (κ2) is 4.29. The van der Waals surface area contributed by atoms with Crippen LogP contribution in [0.4, 0.5) is 5.69 Å². The molecule has 1 rings (SSSR count). The van der Waals surface area contributed by atoms with Crippen LogP contribution in [0.25, 0.3) is 0 Å². The van der Waals surface area contributed by atoms with Gasteiger partial charge in [-0.2, -0.15) is 0 Å². The maximum atomic E-state index is 10.7. The van der Waals surface area contributed by atoms with Gasteiger partial charge in [-0.05, 0) is 26.0 Å². The second-order valence-electron chi connectivity index (χ2n) is 4.15. The minimum Gasteiger partial charge on any atom is -0.481 e. The summed E-state index contributed by atoms with van der Waals surface area (Å²) in [6, 6.07) is 3.75. The summed E-state index contributed by atoms with van der Waals surface area (Å²) >= 11 is 0. The first kappa shape index (κ1) is 11.5. The topological polar surface area (TPSA) is 53.4 Å². The van der Waals surface area contributed by atoms with Crippen LogP contribution >= 0.6 is 0 Å². The first-order valence-electron chi connectivity index (χ1n) is 4.79. The molecule has 1 aromatic rings. The van der Waals surface area contributed by atoms with E-state index in [0.29, 0.717) is 0 Å². The summed E-state index contributed by atoms with van der Waals surface area (Å²) in [7, 11) is 1.87. The molecule has 0 saturated heterocycles. The first-order chi connectivity index (χ1) is 6.93. The Bertz CT molecular complexity index is 336. The van der Waals surface area contributed by atoms with E-state index >= 15 is 0 Å². The standard InChI is InChI=1S/C11H16N2O2/c1-11(2,7-10(14)15)13(3)9-5-4-6-12-8-9/h4-6,8H,7H2,1-3H3,(H,14,15). The fraction of sp³-hybridized carbons (Fsp3) is 0.455. The Morgan fingerprint density at radius 1 is 1.60 bits per heavy atom. The molecule has 0 amide bonds. The van der Waals surface area contributed by atoms with Crippen LogP contribution in [0.5, 0.6) is 0 Å². The molecule has 0 aliphatic heterocycles. The Hall–Kier alpha value is -1.58. The third kappa shape index (κ3) is 2.94. The summed E-state index contributed by atoms with van der Waals surface area (Å²) in [5.74, 6) is -0.796. The molecule has 1 aromatic heterocycles. The predicted molar refractivity (Wildman–Crippen MR) is 59.0 cm³/mol. The highest BCUT2D eigenvalue weighted by molar-refractivity contribution is 5.69. The molecule has 0 spiro atoms. The van der Waals surface area contributed by atoms with Crippen molar-refractivity contribution in [1.29, 1.82) is 0 Å². The van der Waals surface area contributed by atoms with Crippen molar-refractivity contribution in [3.05, 3.63) is 24.5 Å². The highest BCUT2D eigenvalue weighted by atomic mass is 16.4. The van der Waals surface area contributed by atoms with Gasteiger partial charge in [-0.25, -0.2) is 0 Å². The van der Waals surface area contributed by atoms with E-state index in [2.05, 4.69) is 4.98 Å². The number of pyridine rings is 1. The molecule has 0 aromatic carbocycles. The lowest BCUT2D eigenvalue weighted by atomic mass is 9.98. The summed E-state index contributed by atoms with van der Waals surface area (Å²) in [4.78, 5) is 16.6. The third-order valence-electron chi connectivity index (χ3n) is 2.53. The molecule has 0 fully saturated rings. The van der Waals surface area contributed by atoms with Crippen molar-refractivity contribution < 1.29 is 9.90 Å². The van der Waals surface area contributed by atoms with E-state index in [1.165, 1.54) is 0 Å². The van der Waals surface area contributed by atoms with Crippen LogP contribution in [-0.4, -0.2) is 28.6 Å². The predicted octanol–water partition coefficient (Wildman–Crippen LogP) is 1.77. The zero-order chi connectivity index (χ0) is 11.5. The van der Waals surface area contributed by atoms with Gasteiger partial charge in [0.1, 0.15) is 0 Å². The smallest absolute Gasteiger partial charge is 0.305 e. The molecule has 0 bridgehead atoms. The van der Waals surface area contributed by atoms with Gasteiger partial charge in [0.25, 0.3) is 0 Å². The van der Waals surface area contributed by atoms with Gasteiger partial charge in [-0.1, -0.05) is 0 Å². The fourth-order valence-electron chi connectivity index (χ4n) is 1.39. The molecule has 15 heavy (non-hydrogen) atoms. The molecule has 1 heterocycles. The summed E-state index contributed by atoms with van der Waals surface area (Å²) in [6.45, 7) is 3.79. The van der Waals surface area contributed by atoms with Crippen LogP contribution in [0.15, 0.2) is 24.5 Å². The van der Waals surface area contributed by atoms with Gasteiger partial charge >= 0.3 is 5.97 Å². The number of carboxylic acid groups (broad SMARTS) is 1. The van der Waals surface area contributed by atoms with Crippen LogP contribution in [-0.2, 0) is 4.79 Å². The minimum atomic E-state index is -0.796. The molecule has 4 heteroatoms. The first-order valence-corrected chi connectivity index (χ1v) is 4.79. The van der Waals surface area contributed by atoms with Gasteiger partial charge in [-0.3, -0.25) is 9.78 Å². The van der Waals surface area contributed by atoms with Crippen LogP contribution in [0.3, 0.4) is 0 Å². The average molecular weight is 208 g/mol. The van der Waals surface area contributed by atoms with Crippen molar-refractivity contribution in [3.63, 3.8) is 0 Å². The molecular weight excluding hydrogens is 192 g/mol. The third-order valence-corrected chi connectivity index (χ3v) is 2.53. The van der Waals surface area contributed by atoms with E-state index in [-0.39, 0.29) is 6.42 Å². The maximum absolute atomic E-state index is 10.7. The molecule has 0 saturated carbocycles. The minimum absolute atomic E-state index is 0.0956. The SMILES string of the molecule is CN(c1cccnc1)C(C)(C)CC(=O)O. The Morgan fingerprint density at radius 2 is 2.27 bits per heavy atom. The summed E-state index contributed by atoms with van der Waals surface area (Å²) < 4.78 is 0. The zero-order valence-corrected chi connectivity index (χ0v) is 9.27. The lowest BCUT2D eigenvalue weighted by Gasteiger charge is -2.36. The van der Waals surface area contributed by atoms with Crippen molar-refractivity contribution in [2.24, 2.45) is 0 Å². The molecular formula is C11H16N2O2. The number of aromatic nitrogens is 1. The normalized spacial score (nSPS) is 11.1. The van der Waals surface area contributed by atoms with Crippen LogP contribution in [0, 0.1) is 0 Å². The number of hydrogen-bond acceptors (Lipinski definition) is 3. The number of nitrogens with zero attached hydrogens (tertiary/aromatic N) is 2. The quantitative estimate of drug-likeness (QED) is 0.819.